The SMILES string of the molecule is c1cc(-c2ccc3sc4ccccc4c3c2)cc(N(c2ccc(-c3cccc4c3oc3ccccc34)cc2)c2ccc(-c3cccc4c3oc3ccccc34)cc2)c1. The monoisotopic (exact) mass is 759 g/mol. The van der Waals surface area contributed by atoms with E-state index in [2.05, 4.69) is 181 Å². The molecule has 0 bridgehead atoms. The molecular formula is C54H33NO2S. The number of anilines is 3. The van der Waals surface area contributed by atoms with Gasteiger partial charge in [-0.1, -0.05) is 133 Å². The van der Waals surface area contributed by atoms with Gasteiger partial charge in [0.15, 0.2) is 0 Å². The molecule has 0 amide bonds. The molecule has 12 rings (SSSR count). The highest BCUT2D eigenvalue weighted by Crippen LogP contribution is 2.43. The van der Waals surface area contributed by atoms with Crippen molar-refractivity contribution in [2.45, 2.75) is 0 Å². The highest BCUT2D eigenvalue weighted by atomic mass is 32.1. The zero-order valence-electron chi connectivity index (χ0n) is 31.2. The molecule has 3 aromatic heterocycles. The van der Waals surface area contributed by atoms with Crippen LogP contribution in [0.2, 0.25) is 0 Å². The minimum Gasteiger partial charge on any atom is -0.455 e. The fourth-order valence-corrected chi connectivity index (χ4v) is 9.79. The van der Waals surface area contributed by atoms with E-state index in [1.165, 1.54) is 31.3 Å². The molecule has 0 saturated carbocycles. The number of benzene rings is 9. The second kappa shape index (κ2) is 13.1. The topological polar surface area (TPSA) is 29.5 Å². The van der Waals surface area contributed by atoms with Gasteiger partial charge in [-0.3, -0.25) is 0 Å². The summed E-state index contributed by atoms with van der Waals surface area (Å²) < 4.78 is 15.5. The fraction of sp³-hybridized carbons (Fsp3) is 0. The molecule has 9 aromatic carbocycles. The van der Waals surface area contributed by atoms with Crippen molar-refractivity contribution in [3.8, 4) is 33.4 Å². The van der Waals surface area contributed by atoms with E-state index in [-0.39, 0.29) is 0 Å². The number of hydrogen-bond acceptors (Lipinski definition) is 4. The standard InChI is InChI=1S/C54H33NO2S/c1-4-19-49-43(12-1)46-17-8-15-41(53(46)56-49)34-22-27-38(28-23-34)55(39-29-24-35(25-30-39)42-16-9-18-47-44-13-2-5-20-50(44)57-54(42)47)40-11-7-10-36(32-40)37-26-31-52-48(33-37)45-14-3-6-21-51(45)58-52/h1-33H. The first kappa shape index (κ1) is 32.8. The van der Waals surface area contributed by atoms with E-state index in [1.807, 2.05) is 35.6 Å². The summed E-state index contributed by atoms with van der Waals surface area (Å²) in [5.74, 6) is 0. The van der Waals surface area contributed by atoms with E-state index in [4.69, 9.17) is 8.83 Å². The summed E-state index contributed by atoms with van der Waals surface area (Å²) >= 11 is 1.85. The van der Waals surface area contributed by atoms with Crippen molar-refractivity contribution in [1.82, 2.24) is 0 Å². The lowest BCUT2D eigenvalue weighted by atomic mass is 10.00. The summed E-state index contributed by atoms with van der Waals surface area (Å²) in [4.78, 5) is 2.35. The van der Waals surface area contributed by atoms with E-state index in [0.29, 0.717) is 0 Å². The number of thiophene rings is 1. The number of para-hydroxylation sites is 4. The number of hydrogen-bond donors (Lipinski definition) is 0. The van der Waals surface area contributed by atoms with Crippen molar-refractivity contribution in [3.05, 3.63) is 200 Å². The normalized spacial score (nSPS) is 11.8. The number of fused-ring (bicyclic) bond motifs is 9. The van der Waals surface area contributed by atoms with E-state index in [0.717, 1.165) is 83.2 Å². The van der Waals surface area contributed by atoms with Gasteiger partial charge in [-0.2, -0.15) is 0 Å². The van der Waals surface area contributed by atoms with Gasteiger partial charge in [-0.25, -0.2) is 0 Å². The summed E-state index contributed by atoms with van der Waals surface area (Å²) in [6, 6.07) is 71.5. The lowest BCUT2D eigenvalue weighted by molar-refractivity contribution is 0.669. The molecule has 0 aliphatic heterocycles. The van der Waals surface area contributed by atoms with Crippen molar-refractivity contribution in [2.24, 2.45) is 0 Å². The number of nitrogens with zero attached hydrogens (tertiary/aromatic N) is 1. The first-order valence-corrected chi connectivity index (χ1v) is 20.4. The third-order valence-corrected chi connectivity index (χ3v) is 12.6. The molecule has 3 heterocycles. The maximum Gasteiger partial charge on any atom is 0.143 e. The van der Waals surface area contributed by atoms with Crippen LogP contribution in [0.3, 0.4) is 0 Å². The average Bonchev–Trinajstić information content (AvgIpc) is 3.98. The van der Waals surface area contributed by atoms with Gasteiger partial charge in [0.2, 0.25) is 0 Å². The Hall–Kier alpha value is -7.40. The molecule has 0 aliphatic carbocycles. The summed E-state index contributed by atoms with van der Waals surface area (Å²) in [6.45, 7) is 0. The summed E-state index contributed by atoms with van der Waals surface area (Å²) in [6.07, 6.45) is 0. The first-order chi connectivity index (χ1) is 28.7. The van der Waals surface area contributed by atoms with Crippen LogP contribution in [0.25, 0.3) is 97.4 Å². The van der Waals surface area contributed by atoms with Crippen LogP contribution in [0.5, 0.6) is 0 Å². The smallest absolute Gasteiger partial charge is 0.143 e. The predicted molar refractivity (Wildman–Crippen MR) is 245 cm³/mol. The Morgan fingerprint density at radius 2 is 0.793 bits per heavy atom. The minimum atomic E-state index is 0.902. The molecule has 0 spiro atoms. The van der Waals surface area contributed by atoms with Crippen LogP contribution >= 0.6 is 11.3 Å². The van der Waals surface area contributed by atoms with Crippen molar-refractivity contribution in [2.75, 3.05) is 4.90 Å². The van der Waals surface area contributed by atoms with Gasteiger partial charge in [-0.15, -0.1) is 11.3 Å². The van der Waals surface area contributed by atoms with Gasteiger partial charge >= 0.3 is 0 Å². The number of furan rings is 2. The van der Waals surface area contributed by atoms with Gasteiger partial charge in [0.1, 0.15) is 22.3 Å². The Bertz CT molecular complexity index is 3360. The lowest BCUT2D eigenvalue weighted by Crippen LogP contribution is -2.10. The Kier molecular flexibility index (Phi) is 7.40. The van der Waals surface area contributed by atoms with Crippen LogP contribution in [0.1, 0.15) is 0 Å². The third kappa shape index (κ3) is 5.27. The maximum atomic E-state index is 6.43. The summed E-state index contributed by atoms with van der Waals surface area (Å²) in [5, 5.41) is 7.12. The Morgan fingerprint density at radius 3 is 1.41 bits per heavy atom. The molecule has 0 radical (unpaired) electrons. The van der Waals surface area contributed by atoms with Crippen molar-refractivity contribution in [3.63, 3.8) is 0 Å². The molecule has 272 valence electrons. The molecule has 4 heteroatoms. The van der Waals surface area contributed by atoms with Crippen LogP contribution in [-0.4, -0.2) is 0 Å². The molecule has 0 N–H and O–H groups in total. The quantitative estimate of drug-likeness (QED) is 0.169. The van der Waals surface area contributed by atoms with Gasteiger partial charge in [0.05, 0.1) is 0 Å². The predicted octanol–water partition coefficient (Wildman–Crippen LogP) is 16.3. The zero-order chi connectivity index (χ0) is 38.2. The maximum absolute atomic E-state index is 6.43. The van der Waals surface area contributed by atoms with E-state index in [9.17, 15) is 0 Å². The largest absolute Gasteiger partial charge is 0.455 e. The highest BCUT2D eigenvalue weighted by Gasteiger charge is 2.18. The molecule has 3 nitrogen and oxygen atoms in total. The van der Waals surface area contributed by atoms with Crippen LogP contribution < -0.4 is 4.90 Å². The van der Waals surface area contributed by atoms with Gasteiger partial charge in [0, 0.05) is 69.9 Å². The Morgan fingerprint density at radius 1 is 0.310 bits per heavy atom. The van der Waals surface area contributed by atoms with Crippen LogP contribution in [0.4, 0.5) is 17.1 Å². The van der Waals surface area contributed by atoms with Gasteiger partial charge in [0.25, 0.3) is 0 Å². The van der Waals surface area contributed by atoms with E-state index < -0.39 is 0 Å². The molecule has 0 aliphatic rings. The van der Waals surface area contributed by atoms with Crippen molar-refractivity contribution in [1.29, 1.82) is 0 Å². The Balaban J connectivity index is 0.975. The van der Waals surface area contributed by atoms with Gasteiger partial charge in [-0.05, 0) is 89.0 Å². The lowest BCUT2D eigenvalue weighted by Gasteiger charge is -2.26. The van der Waals surface area contributed by atoms with E-state index >= 15 is 0 Å². The molecule has 12 aromatic rings. The molecule has 0 unspecified atom stereocenters. The molecule has 0 atom stereocenters. The number of rotatable bonds is 6. The highest BCUT2D eigenvalue weighted by molar-refractivity contribution is 7.25. The van der Waals surface area contributed by atoms with E-state index in [1.54, 1.807) is 0 Å². The summed E-state index contributed by atoms with van der Waals surface area (Å²) in [5.41, 5.74) is 13.5. The second-order valence-electron chi connectivity index (χ2n) is 14.8. The zero-order valence-corrected chi connectivity index (χ0v) is 32.0. The fourth-order valence-electron chi connectivity index (χ4n) is 8.71. The molecule has 0 saturated heterocycles. The molecule has 58 heavy (non-hydrogen) atoms. The van der Waals surface area contributed by atoms with Crippen molar-refractivity contribution >= 4 is 92.4 Å². The summed E-state index contributed by atoms with van der Waals surface area (Å²) in [7, 11) is 0. The first-order valence-electron chi connectivity index (χ1n) is 19.6. The van der Waals surface area contributed by atoms with Gasteiger partial charge < -0.3 is 13.7 Å². The minimum absolute atomic E-state index is 0.902. The second-order valence-corrected chi connectivity index (χ2v) is 15.9. The van der Waals surface area contributed by atoms with Crippen LogP contribution in [0.15, 0.2) is 209 Å². The van der Waals surface area contributed by atoms with Crippen LogP contribution in [0, 0.1) is 0 Å². The Labute approximate surface area is 338 Å². The molecular weight excluding hydrogens is 727 g/mol. The van der Waals surface area contributed by atoms with Crippen LogP contribution in [-0.2, 0) is 0 Å². The van der Waals surface area contributed by atoms with Crippen molar-refractivity contribution < 1.29 is 8.83 Å². The molecule has 0 fully saturated rings. The third-order valence-electron chi connectivity index (χ3n) is 11.5. The average molecular weight is 760 g/mol.